The van der Waals surface area contributed by atoms with Gasteiger partial charge in [-0.15, -0.1) is 0 Å². The van der Waals surface area contributed by atoms with Gasteiger partial charge in [-0.1, -0.05) is 29.8 Å². The Hall–Kier alpha value is -0.540. The van der Waals surface area contributed by atoms with Gasteiger partial charge in [0, 0.05) is 4.47 Å². The zero-order valence-electron chi connectivity index (χ0n) is 11.3. The molecule has 2 atom stereocenters. The molecule has 1 saturated heterocycles. The van der Waals surface area contributed by atoms with Crippen molar-refractivity contribution >= 4 is 15.9 Å². The summed E-state index contributed by atoms with van der Waals surface area (Å²) in [5.41, 5.74) is 1.25. The number of hydrogen-bond donors (Lipinski definition) is 0. The van der Waals surface area contributed by atoms with Gasteiger partial charge in [-0.25, -0.2) is 0 Å². The monoisotopic (exact) mass is 312 g/mol. The van der Waals surface area contributed by atoms with Gasteiger partial charge < -0.3 is 9.47 Å². The molecule has 3 heteroatoms. The summed E-state index contributed by atoms with van der Waals surface area (Å²) in [6.07, 6.45) is 2.89. The van der Waals surface area contributed by atoms with Crippen LogP contribution in [-0.4, -0.2) is 18.8 Å². The van der Waals surface area contributed by atoms with Crippen LogP contribution in [0.4, 0.5) is 0 Å². The third kappa shape index (κ3) is 3.48. The van der Waals surface area contributed by atoms with Crippen molar-refractivity contribution in [3.63, 3.8) is 0 Å². The Morgan fingerprint density at radius 1 is 1.39 bits per heavy atom. The van der Waals surface area contributed by atoms with Crippen molar-refractivity contribution in [1.82, 2.24) is 0 Å². The Labute approximate surface area is 118 Å². The quantitative estimate of drug-likeness (QED) is 0.814. The lowest BCUT2D eigenvalue weighted by molar-refractivity contribution is 0.0262. The minimum atomic E-state index is 0.253. The Morgan fingerprint density at radius 3 is 2.78 bits per heavy atom. The topological polar surface area (TPSA) is 18.5 Å². The number of benzene rings is 1. The fourth-order valence-electron chi connectivity index (χ4n) is 2.29. The summed E-state index contributed by atoms with van der Waals surface area (Å²) < 4.78 is 12.8. The standard InChI is InChI=1S/C15H21BrO2/c1-10(2)14-8-12(16)5-7-15(14)17-9-13-6-4-11(3)18-13/h5,7-8,10-11,13H,4,6,9H2,1-3H3. The number of ether oxygens (including phenoxy) is 2. The van der Waals surface area contributed by atoms with Gasteiger partial charge in [0.05, 0.1) is 12.2 Å². The van der Waals surface area contributed by atoms with Crippen LogP contribution in [0.5, 0.6) is 5.75 Å². The van der Waals surface area contributed by atoms with Crippen LogP contribution < -0.4 is 4.74 Å². The van der Waals surface area contributed by atoms with E-state index in [1.165, 1.54) is 5.56 Å². The zero-order valence-corrected chi connectivity index (χ0v) is 12.9. The van der Waals surface area contributed by atoms with Crippen molar-refractivity contribution in [2.24, 2.45) is 0 Å². The van der Waals surface area contributed by atoms with Crippen LogP contribution in [-0.2, 0) is 4.74 Å². The molecule has 0 radical (unpaired) electrons. The molecule has 2 nitrogen and oxygen atoms in total. The van der Waals surface area contributed by atoms with E-state index in [0.29, 0.717) is 18.6 Å². The van der Waals surface area contributed by atoms with Crippen LogP contribution in [0.2, 0.25) is 0 Å². The minimum Gasteiger partial charge on any atom is -0.491 e. The first-order chi connectivity index (χ1) is 8.56. The SMILES string of the molecule is CC1CCC(COc2ccc(Br)cc2C(C)C)O1. The molecule has 0 saturated carbocycles. The van der Waals surface area contributed by atoms with Crippen molar-refractivity contribution in [3.05, 3.63) is 28.2 Å². The molecule has 1 fully saturated rings. The van der Waals surface area contributed by atoms with Gasteiger partial charge in [0.1, 0.15) is 12.4 Å². The zero-order chi connectivity index (χ0) is 13.1. The molecule has 1 aromatic rings. The lowest BCUT2D eigenvalue weighted by atomic mass is 10.0. The summed E-state index contributed by atoms with van der Waals surface area (Å²) in [6, 6.07) is 6.20. The molecule has 0 aliphatic carbocycles. The predicted octanol–water partition coefficient (Wildman–Crippen LogP) is 4.52. The molecule has 0 N–H and O–H groups in total. The van der Waals surface area contributed by atoms with E-state index in [1.54, 1.807) is 0 Å². The van der Waals surface area contributed by atoms with E-state index in [-0.39, 0.29) is 6.10 Å². The Balaban J connectivity index is 2.00. The van der Waals surface area contributed by atoms with E-state index in [2.05, 4.69) is 42.8 Å². The highest BCUT2D eigenvalue weighted by molar-refractivity contribution is 9.10. The van der Waals surface area contributed by atoms with Crippen LogP contribution in [0.3, 0.4) is 0 Å². The van der Waals surface area contributed by atoms with Gasteiger partial charge in [0.2, 0.25) is 0 Å². The lowest BCUT2D eigenvalue weighted by Gasteiger charge is -2.17. The predicted molar refractivity (Wildman–Crippen MR) is 77.3 cm³/mol. The van der Waals surface area contributed by atoms with Crippen LogP contribution in [0, 0.1) is 0 Å². The maximum atomic E-state index is 5.94. The number of rotatable bonds is 4. The highest BCUT2D eigenvalue weighted by Gasteiger charge is 2.22. The molecular formula is C15H21BrO2. The van der Waals surface area contributed by atoms with Gasteiger partial charge >= 0.3 is 0 Å². The normalized spacial score (nSPS) is 23.6. The molecule has 0 bridgehead atoms. The molecular weight excluding hydrogens is 292 g/mol. The van der Waals surface area contributed by atoms with Crippen LogP contribution >= 0.6 is 15.9 Å². The molecule has 2 unspecified atom stereocenters. The second kappa shape index (κ2) is 6.07. The first-order valence-corrected chi connectivity index (χ1v) is 7.43. The Bertz CT molecular complexity index is 403. The molecule has 0 spiro atoms. The van der Waals surface area contributed by atoms with Gasteiger partial charge in [-0.2, -0.15) is 0 Å². The Morgan fingerprint density at radius 2 is 2.17 bits per heavy atom. The lowest BCUT2D eigenvalue weighted by Crippen LogP contribution is -2.18. The maximum Gasteiger partial charge on any atom is 0.122 e. The van der Waals surface area contributed by atoms with E-state index in [9.17, 15) is 0 Å². The average Bonchev–Trinajstić information content (AvgIpc) is 2.73. The molecule has 1 aliphatic rings. The van der Waals surface area contributed by atoms with Crippen molar-refractivity contribution in [1.29, 1.82) is 0 Å². The Kier molecular flexibility index (Phi) is 4.68. The molecule has 2 rings (SSSR count). The van der Waals surface area contributed by atoms with Crippen LogP contribution in [0.15, 0.2) is 22.7 Å². The summed E-state index contributed by atoms with van der Waals surface area (Å²) in [6.45, 7) is 7.15. The van der Waals surface area contributed by atoms with Gasteiger partial charge in [-0.3, -0.25) is 0 Å². The third-order valence-corrected chi connectivity index (χ3v) is 3.83. The van der Waals surface area contributed by atoms with Crippen molar-refractivity contribution in [2.45, 2.75) is 51.7 Å². The highest BCUT2D eigenvalue weighted by Crippen LogP contribution is 2.30. The fourth-order valence-corrected chi connectivity index (χ4v) is 2.67. The molecule has 1 aromatic carbocycles. The summed E-state index contributed by atoms with van der Waals surface area (Å²) in [7, 11) is 0. The van der Waals surface area contributed by atoms with Crippen LogP contribution in [0.25, 0.3) is 0 Å². The molecule has 1 aliphatic heterocycles. The van der Waals surface area contributed by atoms with Crippen LogP contribution in [0.1, 0.15) is 45.1 Å². The summed E-state index contributed by atoms with van der Waals surface area (Å²) in [5, 5.41) is 0. The first kappa shape index (κ1) is 13.9. The molecule has 18 heavy (non-hydrogen) atoms. The van der Waals surface area contributed by atoms with E-state index >= 15 is 0 Å². The molecule has 100 valence electrons. The highest BCUT2D eigenvalue weighted by atomic mass is 79.9. The smallest absolute Gasteiger partial charge is 0.122 e. The van der Waals surface area contributed by atoms with Gasteiger partial charge in [0.25, 0.3) is 0 Å². The minimum absolute atomic E-state index is 0.253. The van der Waals surface area contributed by atoms with Gasteiger partial charge in [0.15, 0.2) is 0 Å². The largest absolute Gasteiger partial charge is 0.491 e. The van der Waals surface area contributed by atoms with Crippen molar-refractivity contribution in [3.8, 4) is 5.75 Å². The summed E-state index contributed by atoms with van der Waals surface area (Å²) in [4.78, 5) is 0. The van der Waals surface area contributed by atoms with E-state index in [4.69, 9.17) is 9.47 Å². The van der Waals surface area contributed by atoms with Crippen molar-refractivity contribution < 1.29 is 9.47 Å². The molecule has 0 aromatic heterocycles. The first-order valence-electron chi connectivity index (χ1n) is 6.64. The summed E-state index contributed by atoms with van der Waals surface area (Å²) >= 11 is 3.51. The van der Waals surface area contributed by atoms with E-state index in [0.717, 1.165) is 23.1 Å². The van der Waals surface area contributed by atoms with Crippen molar-refractivity contribution in [2.75, 3.05) is 6.61 Å². The number of halogens is 1. The fraction of sp³-hybridized carbons (Fsp3) is 0.600. The molecule has 0 amide bonds. The number of hydrogen-bond acceptors (Lipinski definition) is 2. The van der Waals surface area contributed by atoms with E-state index in [1.807, 2.05) is 12.1 Å². The maximum absolute atomic E-state index is 5.94. The second-order valence-electron chi connectivity index (χ2n) is 5.29. The summed E-state index contributed by atoms with van der Waals surface area (Å²) in [5.74, 6) is 1.44. The third-order valence-electron chi connectivity index (χ3n) is 3.34. The molecule has 1 heterocycles. The average molecular weight is 313 g/mol. The van der Waals surface area contributed by atoms with E-state index < -0.39 is 0 Å². The second-order valence-corrected chi connectivity index (χ2v) is 6.21. The van der Waals surface area contributed by atoms with Gasteiger partial charge in [-0.05, 0) is 49.4 Å².